The number of aromatic nitrogens is 1. The van der Waals surface area contributed by atoms with Gasteiger partial charge in [0.15, 0.2) is 0 Å². The number of aliphatic hydroxyl groups excluding tert-OH is 1. The second-order valence-corrected chi connectivity index (χ2v) is 6.71. The van der Waals surface area contributed by atoms with Gasteiger partial charge < -0.3 is 14.7 Å². The Morgan fingerprint density at radius 1 is 1.21 bits per heavy atom. The minimum Gasteiger partial charge on any atom is -0.489 e. The summed E-state index contributed by atoms with van der Waals surface area (Å²) in [5.41, 5.74) is 2.24. The van der Waals surface area contributed by atoms with Gasteiger partial charge in [-0.15, -0.1) is 0 Å². The Hall–Kier alpha value is -1.91. The van der Waals surface area contributed by atoms with Crippen LogP contribution in [0, 0.1) is 5.92 Å². The molecular formula is C20H26N2O2. The van der Waals surface area contributed by atoms with Crippen LogP contribution in [0.3, 0.4) is 0 Å². The molecule has 0 radical (unpaired) electrons. The maximum Gasteiger partial charge on any atom is 0.124 e. The van der Waals surface area contributed by atoms with Crippen molar-refractivity contribution in [1.29, 1.82) is 0 Å². The molecule has 1 aromatic heterocycles. The standard InChI is InChI=1S/C20H26N2O2/c1-22(13-17-8-4-9-19(17)23)14-18-7-2-3-10-20(18)24-15-16-6-5-11-21-12-16/h2-3,5-7,10-12,17,19,23H,4,8-9,13-15H2,1H3. The first-order valence-electron chi connectivity index (χ1n) is 8.68. The Bertz CT molecular complexity index is 633. The summed E-state index contributed by atoms with van der Waals surface area (Å²) in [5.74, 6) is 1.32. The van der Waals surface area contributed by atoms with Gasteiger partial charge in [-0.2, -0.15) is 0 Å². The van der Waals surface area contributed by atoms with Crippen molar-refractivity contribution in [2.24, 2.45) is 5.92 Å². The van der Waals surface area contributed by atoms with Crippen molar-refractivity contribution in [3.63, 3.8) is 0 Å². The molecule has 0 aliphatic heterocycles. The van der Waals surface area contributed by atoms with Crippen LogP contribution in [0.1, 0.15) is 30.4 Å². The number of pyridine rings is 1. The molecule has 1 saturated carbocycles. The quantitative estimate of drug-likeness (QED) is 0.848. The third-order valence-electron chi connectivity index (χ3n) is 4.70. The Balaban J connectivity index is 1.59. The third kappa shape index (κ3) is 4.56. The van der Waals surface area contributed by atoms with Gasteiger partial charge in [0.25, 0.3) is 0 Å². The van der Waals surface area contributed by atoms with E-state index in [9.17, 15) is 5.11 Å². The molecule has 1 aliphatic carbocycles. The van der Waals surface area contributed by atoms with Crippen molar-refractivity contribution < 1.29 is 9.84 Å². The van der Waals surface area contributed by atoms with Gasteiger partial charge in [-0.1, -0.05) is 30.7 Å². The van der Waals surface area contributed by atoms with E-state index in [0.717, 1.165) is 43.7 Å². The maximum absolute atomic E-state index is 10.0. The van der Waals surface area contributed by atoms with Crippen LogP contribution in [0.4, 0.5) is 0 Å². The van der Waals surface area contributed by atoms with E-state index in [1.807, 2.05) is 36.5 Å². The predicted molar refractivity (Wildman–Crippen MR) is 94.7 cm³/mol. The van der Waals surface area contributed by atoms with E-state index in [1.54, 1.807) is 6.20 Å². The minimum absolute atomic E-state index is 0.135. The van der Waals surface area contributed by atoms with E-state index in [-0.39, 0.29) is 6.10 Å². The summed E-state index contributed by atoms with van der Waals surface area (Å²) in [6, 6.07) is 12.1. The van der Waals surface area contributed by atoms with Gasteiger partial charge >= 0.3 is 0 Å². The number of hydrogen-bond acceptors (Lipinski definition) is 4. The van der Waals surface area contributed by atoms with Crippen LogP contribution in [0.25, 0.3) is 0 Å². The van der Waals surface area contributed by atoms with E-state index in [4.69, 9.17) is 4.74 Å². The van der Waals surface area contributed by atoms with Crippen LogP contribution in [0.5, 0.6) is 5.75 Å². The van der Waals surface area contributed by atoms with Crippen LogP contribution in [0.15, 0.2) is 48.8 Å². The van der Waals surface area contributed by atoms with Crippen molar-refractivity contribution in [2.45, 2.75) is 38.5 Å². The van der Waals surface area contributed by atoms with Crippen LogP contribution in [0.2, 0.25) is 0 Å². The van der Waals surface area contributed by atoms with Gasteiger partial charge in [0.2, 0.25) is 0 Å². The number of nitrogens with zero attached hydrogens (tertiary/aromatic N) is 2. The first-order valence-corrected chi connectivity index (χ1v) is 8.68. The molecule has 0 spiro atoms. The van der Waals surface area contributed by atoms with Crippen LogP contribution < -0.4 is 4.74 Å². The highest BCUT2D eigenvalue weighted by molar-refractivity contribution is 5.33. The molecule has 0 bridgehead atoms. The van der Waals surface area contributed by atoms with Gasteiger partial charge in [0, 0.05) is 36.6 Å². The lowest BCUT2D eigenvalue weighted by molar-refractivity contribution is 0.107. The number of para-hydroxylation sites is 1. The Labute approximate surface area is 144 Å². The molecule has 1 aromatic carbocycles. The molecule has 24 heavy (non-hydrogen) atoms. The molecule has 2 aromatic rings. The molecule has 0 saturated heterocycles. The van der Waals surface area contributed by atoms with Crippen molar-refractivity contribution in [1.82, 2.24) is 9.88 Å². The fourth-order valence-corrected chi connectivity index (χ4v) is 3.41. The number of rotatable bonds is 7. The molecule has 1 heterocycles. The monoisotopic (exact) mass is 326 g/mol. The number of aliphatic hydroxyl groups is 1. The van der Waals surface area contributed by atoms with Gasteiger partial charge in [-0.3, -0.25) is 4.98 Å². The smallest absolute Gasteiger partial charge is 0.124 e. The summed E-state index contributed by atoms with van der Waals surface area (Å²) < 4.78 is 6.00. The summed E-state index contributed by atoms with van der Waals surface area (Å²) in [6.45, 7) is 2.28. The predicted octanol–water partition coefficient (Wildman–Crippen LogP) is 3.25. The van der Waals surface area contributed by atoms with E-state index in [1.165, 1.54) is 5.56 Å². The molecule has 3 rings (SSSR count). The zero-order chi connectivity index (χ0) is 16.8. The largest absolute Gasteiger partial charge is 0.489 e. The van der Waals surface area contributed by atoms with E-state index < -0.39 is 0 Å². The lowest BCUT2D eigenvalue weighted by atomic mass is 10.1. The summed E-state index contributed by atoms with van der Waals surface area (Å²) in [5, 5.41) is 10.0. The van der Waals surface area contributed by atoms with Crippen molar-refractivity contribution in [3.8, 4) is 5.75 Å². The van der Waals surface area contributed by atoms with Crippen molar-refractivity contribution >= 4 is 0 Å². The molecular weight excluding hydrogens is 300 g/mol. The van der Waals surface area contributed by atoms with Crippen LogP contribution in [-0.4, -0.2) is 34.7 Å². The summed E-state index contributed by atoms with van der Waals surface area (Å²) in [4.78, 5) is 6.40. The Morgan fingerprint density at radius 3 is 2.83 bits per heavy atom. The SMILES string of the molecule is CN(Cc1ccccc1OCc1cccnc1)CC1CCCC1O. The maximum atomic E-state index is 10.0. The molecule has 4 nitrogen and oxygen atoms in total. The molecule has 1 aliphatic rings. The lowest BCUT2D eigenvalue weighted by Gasteiger charge is -2.24. The van der Waals surface area contributed by atoms with Crippen LogP contribution in [-0.2, 0) is 13.2 Å². The first kappa shape index (κ1) is 16.9. The molecule has 4 heteroatoms. The number of ether oxygens (including phenoxy) is 1. The van der Waals surface area contributed by atoms with Crippen molar-refractivity contribution in [2.75, 3.05) is 13.6 Å². The number of benzene rings is 1. The fraction of sp³-hybridized carbons (Fsp3) is 0.450. The second kappa shape index (κ2) is 8.27. The highest BCUT2D eigenvalue weighted by Crippen LogP contribution is 2.27. The van der Waals surface area contributed by atoms with Gasteiger partial charge in [0.1, 0.15) is 12.4 Å². The lowest BCUT2D eigenvalue weighted by Crippen LogP contribution is -2.29. The molecule has 1 N–H and O–H groups in total. The topological polar surface area (TPSA) is 45.6 Å². The zero-order valence-electron chi connectivity index (χ0n) is 14.3. The normalized spacial score (nSPS) is 20.5. The molecule has 2 unspecified atom stereocenters. The molecule has 1 fully saturated rings. The van der Waals surface area contributed by atoms with E-state index in [2.05, 4.69) is 23.0 Å². The zero-order valence-corrected chi connectivity index (χ0v) is 14.3. The van der Waals surface area contributed by atoms with Gasteiger partial charge in [-0.05, 0) is 37.9 Å². The summed E-state index contributed by atoms with van der Waals surface area (Å²) >= 11 is 0. The Morgan fingerprint density at radius 2 is 2.08 bits per heavy atom. The molecule has 0 amide bonds. The Kier molecular flexibility index (Phi) is 5.83. The average molecular weight is 326 g/mol. The number of hydrogen-bond donors (Lipinski definition) is 1. The molecule has 2 atom stereocenters. The average Bonchev–Trinajstić information content (AvgIpc) is 3.00. The van der Waals surface area contributed by atoms with Crippen LogP contribution >= 0.6 is 0 Å². The minimum atomic E-state index is -0.135. The summed E-state index contributed by atoms with van der Waals surface area (Å²) in [6.07, 6.45) is 6.68. The van der Waals surface area contributed by atoms with Gasteiger partial charge in [0.05, 0.1) is 6.10 Å². The third-order valence-corrected chi connectivity index (χ3v) is 4.70. The summed E-state index contributed by atoms with van der Waals surface area (Å²) in [7, 11) is 2.11. The molecule has 128 valence electrons. The highest BCUT2D eigenvalue weighted by Gasteiger charge is 2.26. The first-order chi connectivity index (χ1) is 11.7. The second-order valence-electron chi connectivity index (χ2n) is 6.71. The fourth-order valence-electron chi connectivity index (χ4n) is 3.41. The van der Waals surface area contributed by atoms with Crippen molar-refractivity contribution in [3.05, 3.63) is 59.9 Å². The van der Waals surface area contributed by atoms with Gasteiger partial charge in [-0.25, -0.2) is 0 Å². The highest BCUT2D eigenvalue weighted by atomic mass is 16.5. The van der Waals surface area contributed by atoms with E-state index in [0.29, 0.717) is 12.5 Å². The van der Waals surface area contributed by atoms with E-state index >= 15 is 0 Å².